The zero-order valence-electron chi connectivity index (χ0n) is 18.8. The molecule has 30 heavy (non-hydrogen) atoms. The molecule has 1 atom stereocenters. The molecule has 2 aromatic heterocycles. The number of amides is 1. The van der Waals surface area contributed by atoms with Crippen molar-refractivity contribution < 1.29 is 4.79 Å². The number of piperidine rings is 1. The van der Waals surface area contributed by atoms with Gasteiger partial charge in [-0.1, -0.05) is 20.3 Å². The molecule has 0 saturated carbocycles. The van der Waals surface area contributed by atoms with Gasteiger partial charge in [-0.15, -0.1) is 0 Å². The van der Waals surface area contributed by atoms with E-state index >= 15 is 0 Å². The zero-order valence-corrected chi connectivity index (χ0v) is 18.8. The lowest BCUT2D eigenvalue weighted by Crippen LogP contribution is -2.42. The molecule has 1 fully saturated rings. The van der Waals surface area contributed by atoms with Gasteiger partial charge in [-0.3, -0.25) is 19.6 Å². The van der Waals surface area contributed by atoms with Gasteiger partial charge in [-0.2, -0.15) is 0 Å². The Morgan fingerprint density at radius 1 is 1.23 bits per heavy atom. The second-order valence-corrected chi connectivity index (χ2v) is 9.11. The molecular weight excluding hydrogens is 378 g/mol. The van der Waals surface area contributed by atoms with E-state index in [2.05, 4.69) is 43.8 Å². The van der Waals surface area contributed by atoms with Crippen molar-refractivity contribution >= 4 is 11.6 Å². The highest BCUT2D eigenvalue weighted by molar-refractivity contribution is 5.79. The van der Waals surface area contributed by atoms with Crippen molar-refractivity contribution in [2.45, 2.75) is 84.8 Å². The van der Waals surface area contributed by atoms with Crippen molar-refractivity contribution in [1.29, 1.82) is 0 Å². The molecule has 2 aliphatic rings. The number of carbonyl (C=O) groups is 1. The van der Waals surface area contributed by atoms with E-state index in [1.807, 2.05) is 4.90 Å². The first kappa shape index (κ1) is 21.1. The average Bonchev–Trinajstić information content (AvgIpc) is 3.18. The number of carbonyl (C=O) groups excluding carboxylic acids is 1. The van der Waals surface area contributed by atoms with Crippen LogP contribution in [-0.4, -0.2) is 49.4 Å². The monoisotopic (exact) mass is 413 g/mol. The SMILES string of the molecule is CCC(CC)C(=O)N1CCc2nc3cc(C4CCCCN4C(C)C)[nH]n3c(=O)c2C1. The fourth-order valence-electron chi connectivity index (χ4n) is 5.16. The highest BCUT2D eigenvalue weighted by atomic mass is 16.2. The molecule has 0 radical (unpaired) electrons. The highest BCUT2D eigenvalue weighted by Gasteiger charge is 2.30. The lowest BCUT2D eigenvalue weighted by atomic mass is 9.98. The lowest BCUT2D eigenvalue weighted by Gasteiger charge is -2.37. The van der Waals surface area contributed by atoms with Crippen molar-refractivity contribution in [3.8, 4) is 0 Å². The predicted molar refractivity (Wildman–Crippen MR) is 117 cm³/mol. The summed E-state index contributed by atoms with van der Waals surface area (Å²) in [4.78, 5) is 35.3. The van der Waals surface area contributed by atoms with Crippen LogP contribution in [0.4, 0.5) is 0 Å². The summed E-state index contributed by atoms with van der Waals surface area (Å²) in [7, 11) is 0. The van der Waals surface area contributed by atoms with Gasteiger partial charge in [-0.25, -0.2) is 9.50 Å². The van der Waals surface area contributed by atoms with Crippen molar-refractivity contribution in [3.05, 3.63) is 33.4 Å². The molecule has 0 spiro atoms. The van der Waals surface area contributed by atoms with Gasteiger partial charge in [0.1, 0.15) is 0 Å². The fraction of sp³-hybridized carbons (Fsp3) is 0.696. The molecule has 0 bridgehead atoms. The van der Waals surface area contributed by atoms with Crippen LogP contribution in [0.5, 0.6) is 0 Å². The minimum absolute atomic E-state index is 0.0383. The largest absolute Gasteiger partial charge is 0.337 e. The van der Waals surface area contributed by atoms with Crippen LogP contribution in [0.25, 0.3) is 5.65 Å². The molecule has 1 saturated heterocycles. The maximum Gasteiger partial charge on any atom is 0.277 e. The second-order valence-electron chi connectivity index (χ2n) is 9.11. The Kier molecular flexibility index (Phi) is 6.00. The van der Waals surface area contributed by atoms with E-state index in [1.54, 1.807) is 4.52 Å². The van der Waals surface area contributed by atoms with Crippen LogP contribution in [0.2, 0.25) is 0 Å². The third kappa shape index (κ3) is 3.68. The summed E-state index contributed by atoms with van der Waals surface area (Å²) in [6.07, 6.45) is 5.84. The van der Waals surface area contributed by atoms with Gasteiger partial charge >= 0.3 is 0 Å². The van der Waals surface area contributed by atoms with E-state index in [0.29, 0.717) is 42.8 Å². The van der Waals surface area contributed by atoms with Gasteiger partial charge in [-0.05, 0) is 46.1 Å². The summed E-state index contributed by atoms with van der Waals surface area (Å²) in [5, 5.41) is 3.35. The smallest absolute Gasteiger partial charge is 0.277 e. The summed E-state index contributed by atoms with van der Waals surface area (Å²) in [5.74, 6) is 0.202. The number of fused-ring (bicyclic) bond motifs is 2. The van der Waals surface area contributed by atoms with Crippen molar-refractivity contribution in [2.24, 2.45) is 5.92 Å². The van der Waals surface area contributed by atoms with E-state index < -0.39 is 0 Å². The minimum atomic E-state index is -0.0600. The number of aromatic nitrogens is 3. The second kappa shape index (κ2) is 8.53. The number of rotatable bonds is 5. The molecule has 164 valence electrons. The summed E-state index contributed by atoms with van der Waals surface area (Å²) in [6, 6.07) is 2.81. The van der Waals surface area contributed by atoms with E-state index in [4.69, 9.17) is 4.98 Å². The molecule has 4 heterocycles. The Morgan fingerprint density at radius 3 is 2.70 bits per heavy atom. The molecule has 7 nitrogen and oxygen atoms in total. The Labute approximate surface area is 178 Å². The van der Waals surface area contributed by atoms with Gasteiger partial charge in [0.15, 0.2) is 5.65 Å². The molecular formula is C23H35N5O2. The van der Waals surface area contributed by atoms with E-state index in [0.717, 1.165) is 37.2 Å². The van der Waals surface area contributed by atoms with Crippen molar-refractivity contribution in [2.75, 3.05) is 13.1 Å². The van der Waals surface area contributed by atoms with E-state index in [9.17, 15) is 9.59 Å². The molecule has 1 N–H and O–H groups in total. The average molecular weight is 414 g/mol. The molecule has 7 heteroatoms. The highest BCUT2D eigenvalue weighted by Crippen LogP contribution is 2.32. The number of likely N-dealkylation sites (tertiary alicyclic amines) is 1. The van der Waals surface area contributed by atoms with Gasteiger partial charge < -0.3 is 4.90 Å². The number of aromatic amines is 1. The number of nitrogens with one attached hydrogen (secondary N) is 1. The van der Waals surface area contributed by atoms with E-state index in [-0.39, 0.29) is 17.4 Å². The van der Waals surface area contributed by atoms with Gasteiger partial charge in [0.2, 0.25) is 5.91 Å². The first-order valence-electron chi connectivity index (χ1n) is 11.6. The standard InChI is InChI=1S/C23H35N5O2/c1-5-16(6-2)22(29)26-12-10-18-17(14-26)23(30)28-21(24-18)13-19(25-28)20-9-7-8-11-27(20)15(3)4/h13,15-16,20,25H,5-12,14H2,1-4H3. The van der Waals surface area contributed by atoms with Crippen LogP contribution in [0, 0.1) is 5.92 Å². The number of hydrogen-bond acceptors (Lipinski definition) is 4. The van der Waals surface area contributed by atoms with Gasteiger partial charge in [0.25, 0.3) is 5.56 Å². The number of nitrogens with zero attached hydrogens (tertiary/aromatic N) is 4. The number of hydrogen-bond donors (Lipinski definition) is 1. The van der Waals surface area contributed by atoms with E-state index in [1.165, 1.54) is 12.8 Å². The Morgan fingerprint density at radius 2 is 2.00 bits per heavy atom. The Bertz CT molecular complexity index is 972. The zero-order chi connectivity index (χ0) is 21.4. The van der Waals surface area contributed by atoms with Crippen LogP contribution in [0.3, 0.4) is 0 Å². The maximum atomic E-state index is 13.3. The van der Waals surface area contributed by atoms with Crippen LogP contribution >= 0.6 is 0 Å². The predicted octanol–water partition coefficient (Wildman–Crippen LogP) is 3.28. The Balaban J connectivity index is 1.67. The first-order chi connectivity index (χ1) is 14.4. The van der Waals surface area contributed by atoms with Crippen LogP contribution in [0.1, 0.15) is 82.8 Å². The summed E-state index contributed by atoms with van der Waals surface area (Å²) >= 11 is 0. The minimum Gasteiger partial charge on any atom is -0.337 e. The quantitative estimate of drug-likeness (QED) is 0.816. The lowest BCUT2D eigenvalue weighted by molar-refractivity contribution is -0.136. The topological polar surface area (TPSA) is 73.7 Å². The Hall–Kier alpha value is -2.15. The van der Waals surface area contributed by atoms with Gasteiger partial charge in [0.05, 0.1) is 29.5 Å². The van der Waals surface area contributed by atoms with Crippen molar-refractivity contribution in [1.82, 2.24) is 24.4 Å². The molecule has 4 rings (SSSR count). The third-order valence-electron chi connectivity index (χ3n) is 6.99. The van der Waals surface area contributed by atoms with Crippen LogP contribution in [-0.2, 0) is 17.8 Å². The summed E-state index contributed by atoms with van der Waals surface area (Å²) in [6.45, 7) is 10.7. The molecule has 2 aliphatic heterocycles. The van der Waals surface area contributed by atoms with Crippen LogP contribution in [0.15, 0.2) is 10.9 Å². The first-order valence-corrected chi connectivity index (χ1v) is 11.6. The third-order valence-corrected chi connectivity index (χ3v) is 6.99. The van der Waals surface area contributed by atoms with Crippen molar-refractivity contribution in [3.63, 3.8) is 0 Å². The van der Waals surface area contributed by atoms with Gasteiger partial charge in [0, 0.05) is 31.0 Å². The summed E-state index contributed by atoms with van der Waals surface area (Å²) < 4.78 is 1.59. The normalized spacial score (nSPS) is 20.3. The summed E-state index contributed by atoms with van der Waals surface area (Å²) in [5.41, 5.74) is 3.22. The molecule has 1 amide bonds. The molecule has 0 aliphatic carbocycles. The molecule has 1 unspecified atom stereocenters. The number of H-pyrrole nitrogens is 1. The fourth-order valence-corrected chi connectivity index (χ4v) is 5.16. The molecule has 0 aromatic carbocycles. The molecule has 2 aromatic rings. The maximum absolute atomic E-state index is 13.3. The van der Waals surface area contributed by atoms with Crippen LogP contribution < -0.4 is 5.56 Å².